The lowest BCUT2D eigenvalue weighted by Crippen LogP contribution is -2.25. The normalized spacial score (nSPS) is 14.1. The summed E-state index contributed by atoms with van der Waals surface area (Å²) in [6.07, 6.45) is 0.477. The molecule has 4 rings (SSSR count). The maximum absolute atomic E-state index is 14.2. The van der Waals surface area contributed by atoms with Gasteiger partial charge in [-0.15, -0.1) is 0 Å². The zero-order chi connectivity index (χ0) is 24.1. The standard InChI is InChI=1S/C25H24FN5O3/c26-20-8-15(14-27)7-17(10-20)18-9-19(12-21(11-18)29-23-5-6-28-31-23)25(34)30-22-4-2-1-3-16(22)13-24(32)33/h1-4,7-12,28H,5-6,13-14,27H2,(H,29,31)(H,30,34)(H,32,33). The Balaban J connectivity index is 1.74. The molecule has 0 radical (unpaired) electrons. The first-order valence-corrected chi connectivity index (χ1v) is 10.7. The third kappa shape index (κ3) is 5.64. The molecule has 0 aromatic heterocycles. The molecule has 0 spiro atoms. The molecule has 1 saturated heterocycles. The Bertz CT molecular complexity index is 1270. The van der Waals surface area contributed by atoms with Gasteiger partial charge in [-0.25, -0.2) is 14.8 Å². The van der Waals surface area contributed by atoms with Crippen LogP contribution in [0, 0.1) is 5.82 Å². The lowest BCUT2D eigenvalue weighted by atomic mass is 9.99. The van der Waals surface area contributed by atoms with E-state index in [0.29, 0.717) is 45.6 Å². The van der Waals surface area contributed by atoms with Crippen molar-refractivity contribution in [3.8, 4) is 11.1 Å². The minimum absolute atomic E-state index is 0.177. The average Bonchev–Trinajstić information content (AvgIpc) is 3.32. The van der Waals surface area contributed by atoms with Gasteiger partial charge < -0.3 is 21.6 Å². The number of aliphatic carboxylic acids is 1. The van der Waals surface area contributed by atoms with E-state index < -0.39 is 17.7 Å². The van der Waals surface area contributed by atoms with Gasteiger partial charge in [0.05, 0.1) is 12.1 Å². The molecule has 6 N–H and O–H groups in total. The van der Waals surface area contributed by atoms with Gasteiger partial charge in [0.25, 0.3) is 5.91 Å². The molecular weight excluding hydrogens is 437 g/mol. The predicted octanol–water partition coefficient (Wildman–Crippen LogP) is 3.36. The van der Waals surface area contributed by atoms with Crippen molar-refractivity contribution in [2.45, 2.75) is 19.4 Å². The summed E-state index contributed by atoms with van der Waals surface area (Å²) in [5.41, 5.74) is 15.2. The van der Waals surface area contributed by atoms with E-state index in [1.54, 1.807) is 48.5 Å². The molecular formula is C25H24FN5O3. The summed E-state index contributed by atoms with van der Waals surface area (Å²) in [5, 5.41) is 12.0. The van der Waals surface area contributed by atoms with Gasteiger partial charge in [0, 0.05) is 30.8 Å². The number of nitrogens with two attached hydrogens (primary N) is 1. The van der Waals surface area contributed by atoms with Crippen LogP contribution in [0.2, 0.25) is 0 Å². The summed E-state index contributed by atoms with van der Waals surface area (Å²) in [6.45, 7) is 0.909. The van der Waals surface area contributed by atoms with E-state index in [1.807, 2.05) is 0 Å². The van der Waals surface area contributed by atoms with Gasteiger partial charge in [0.15, 0.2) is 0 Å². The Hall–Kier alpha value is -4.08. The molecule has 0 bridgehead atoms. The second-order valence-corrected chi connectivity index (χ2v) is 7.86. The minimum atomic E-state index is -0.999. The second-order valence-electron chi connectivity index (χ2n) is 7.86. The van der Waals surface area contributed by atoms with Crippen LogP contribution in [-0.2, 0) is 17.8 Å². The Morgan fingerprint density at radius 3 is 2.62 bits per heavy atom. The van der Waals surface area contributed by atoms with Crippen molar-refractivity contribution in [1.29, 1.82) is 0 Å². The maximum atomic E-state index is 14.2. The number of hydrogen-bond acceptors (Lipinski definition) is 5. The number of amidine groups is 1. The first-order chi connectivity index (χ1) is 16.4. The van der Waals surface area contributed by atoms with Crippen LogP contribution < -0.4 is 21.9 Å². The first-order valence-electron chi connectivity index (χ1n) is 10.7. The zero-order valence-electron chi connectivity index (χ0n) is 18.3. The highest BCUT2D eigenvalue weighted by Gasteiger charge is 2.15. The summed E-state index contributed by atoms with van der Waals surface area (Å²) in [4.78, 5) is 29.0. The third-order valence-electron chi connectivity index (χ3n) is 5.30. The van der Waals surface area contributed by atoms with Gasteiger partial charge >= 0.3 is 5.97 Å². The lowest BCUT2D eigenvalue weighted by molar-refractivity contribution is -0.136. The number of nitrogens with one attached hydrogen (secondary N) is 3. The molecule has 0 atom stereocenters. The highest BCUT2D eigenvalue weighted by molar-refractivity contribution is 6.06. The molecule has 1 aliphatic heterocycles. The van der Waals surface area contributed by atoms with Gasteiger partial charge in [0.1, 0.15) is 11.7 Å². The molecule has 0 unspecified atom stereocenters. The van der Waals surface area contributed by atoms with Gasteiger partial charge in [-0.05, 0) is 64.7 Å². The lowest BCUT2D eigenvalue weighted by Gasteiger charge is -2.12. The number of carbonyl (C=O) groups excluding carboxylic acids is 1. The number of amides is 1. The van der Waals surface area contributed by atoms with Crippen LogP contribution in [0.4, 0.5) is 15.8 Å². The molecule has 1 heterocycles. The van der Waals surface area contributed by atoms with Crippen molar-refractivity contribution >= 4 is 29.1 Å². The van der Waals surface area contributed by atoms with Crippen LogP contribution in [0.5, 0.6) is 0 Å². The zero-order valence-corrected chi connectivity index (χ0v) is 18.3. The Kier molecular flexibility index (Phi) is 6.95. The number of halogens is 1. The highest BCUT2D eigenvalue weighted by Crippen LogP contribution is 2.29. The topological polar surface area (TPSA) is 129 Å². The number of aliphatic imine (C=N–C) groups is 1. The SMILES string of the molecule is NCc1cc(F)cc(-c2cc(N=C3CCNN3)cc(C(=O)Nc3ccccc3CC(=O)O)c2)c1. The van der Waals surface area contributed by atoms with Crippen LogP contribution in [0.25, 0.3) is 11.1 Å². The van der Waals surface area contributed by atoms with Crippen molar-refractivity contribution in [3.63, 3.8) is 0 Å². The van der Waals surface area contributed by atoms with E-state index in [9.17, 15) is 14.0 Å². The fourth-order valence-corrected chi connectivity index (χ4v) is 3.71. The van der Waals surface area contributed by atoms with Crippen molar-refractivity contribution in [2.24, 2.45) is 10.7 Å². The van der Waals surface area contributed by atoms with Gasteiger partial charge in [-0.3, -0.25) is 9.59 Å². The van der Waals surface area contributed by atoms with Gasteiger partial charge in [-0.1, -0.05) is 18.2 Å². The van der Waals surface area contributed by atoms with Gasteiger partial charge in [-0.2, -0.15) is 0 Å². The quantitative estimate of drug-likeness (QED) is 0.367. The van der Waals surface area contributed by atoms with Crippen molar-refractivity contribution < 1.29 is 19.1 Å². The van der Waals surface area contributed by atoms with E-state index in [4.69, 9.17) is 10.8 Å². The van der Waals surface area contributed by atoms with Crippen LogP contribution in [-0.4, -0.2) is 29.4 Å². The molecule has 1 fully saturated rings. The highest BCUT2D eigenvalue weighted by atomic mass is 19.1. The molecule has 1 amide bonds. The first kappa shape index (κ1) is 23.1. The second kappa shape index (κ2) is 10.2. The molecule has 8 nitrogen and oxygen atoms in total. The smallest absolute Gasteiger partial charge is 0.307 e. The third-order valence-corrected chi connectivity index (χ3v) is 5.30. The largest absolute Gasteiger partial charge is 0.481 e. The Morgan fingerprint density at radius 2 is 1.88 bits per heavy atom. The van der Waals surface area contributed by atoms with Gasteiger partial charge in [0.2, 0.25) is 0 Å². The molecule has 9 heteroatoms. The fraction of sp³-hybridized carbons (Fsp3) is 0.160. The minimum Gasteiger partial charge on any atom is -0.481 e. The Labute approximate surface area is 195 Å². The number of carbonyl (C=O) groups is 2. The molecule has 174 valence electrons. The summed E-state index contributed by atoms with van der Waals surface area (Å²) in [6, 6.07) is 16.3. The Morgan fingerprint density at radius 1 is 1.09 bits per heavy atom. The van der Waals surface area contributed by atoms with E-state index in [0.717, 1.165) is 12.4 Å². The predicted molar refractivity (Wildman–Crippen MR) is 128 cm³/mol. The van der Waals surface area contributed by atoms with E-state index in [2.05, 4.69) is 21.2 Å². The number of rotatable bonds is 7. The number of benzene rings is 3. The molecule has 3 aromatic rings. The number of nitrogens with zero attached hydrogens (tertiary/aromatic N) is 1. The van der Waals surface area contributed by atoms with Crippen molar-refractivity contribution in [1.82, 2.24) is 10.9 Å². The summed E-state index contributed by atoms with van der Waals surface area (Å²) in [5.74, 6) is -1.14. The molecule has 0 aliphatic carbocycles. The fourth-order valence-electron chi connectivity index (χ4n) is 3.71. The summed E-state index contributed by atoms with van der Waals surface area (Å²) < 4.78 is 14.2. The van der Waals surface area contributed by atoms with Crippen LogP contribution in [0.1, 0.15) is 27.9 Å². The van der Waals surface area contributed by atoms with E-state index in [-0.39, 0.29) is 13.0 Å². The average molecular weight is 461 g/mol. The van der Waals surface area contributed by atoms with Crippen LogP contribution in [0.3, 0.4) is 0 Å². The van der Waals surface area contributed by atoms with Crippen molar-refractivity contribution in [2.75, 3.05) is 11.9 Å². The van der Waals surface area contributed by atoms with E-state index in [1.165, 1.54) is 12.1 Å². The number of anilines is 1. The molecule has 1 aliphatic rings. The number of para-hydroxylation sites is 1. The monoisotopic (exact) mass is 461 g/mol. The number of carboxylic acid groups (broad SMARTS) is 1. The summed E-state index contributed by atoms with van der Waals surface area (Å²) >= 11 is 0. The molecule has 0 saturated carbocycles. The number of carboxylic acids is 1. The molecule has 3 aromatic carbocycles. The van der Waals surface area contributed by atoms with E-state index >= 15 is 0 Å². The number of hydrazine groups is 1. The number of hydrogen-bond donors (Lipinski definition) is 5. The van der Waals surface area contributed by atoms with Crippen molar-refractivity contribution in [3.05, 3.63) is 83.2 Å². The summed E-state index contributed by atoms with van der Waals surface area (Å²) in [7, 11) is 0. The molecule has 34 heavy (non-hydrogen) atoms. The van der Waals surface area contributed by atoms with Crippen LogP contribution in [0.15, 0.2) is 65.7 Å². The van der Waals surface area contributed by atoms with Crippen LogP contribution >= 0.6 is 0 Å². The maximum Gasteiger partial charge on any atom is 0.307 e.